The first-order valence-electron chi connectivity index (χ1n) is 7.36. The maximum absolute atomic E-state index is 12.1. The molecule has 0 aromatic rings. The SMILES string of the molecule is C[C@@H](NC(=O)CN1CCOCC1)C1C(C)(C)C1(C)C. The first-order valence-corrected chi connectivity index (χ1v) is 7.36. The first kappa shape index (κ1) is 14.8. The summed E-state index contributed by atoms with van der Waals surface area (Å²) in [5, 5.41) is 3.18. The number of hydrogen-bond acceptors (Lipinski definition) is 3. The quantitative estimate of drug-likeness (QED) is 0.840. The molecule has 1 heterocycles. The van der Waals surface area contributed by atoms with Crippen LogP contribution < -0.4 is 5.32 Å². The molecule has 0 radical (unpaired) electrons. The van der Waals surface area contributed by atoms with Crippen molar-refractivity contribution in [3.63, 3.8) is 0 Å². The molecule has 2 aliphatic rings. The molecule has 0 spiro atoms. The van der Waals surface area contributed by atoms with Crippen LogP contribution in [0.3, 0.4) is 0 Å². The molecule has 0 aromatic heterocycles. The number of carbonyl (C=O) groups excluding carboxylic acids is 1. The van der Waals surface area contributed by atoms with Crippen LogP contribution in [0.15, 0.2) is 0 Å². The van der Waals surface area contributed by atoms with Gasteiger partial charge in [0.1, 0.15) is 0 Å². The molecular formula is C15H28N2O2. The molecule has 1 saturated carbocycles. The Morgan fingerprint density at radius 1 is 1.26 bits per heavy atom. The van der Waals surface area contributed by atoms with Crippen molar-refractivity contribution in [2.75, 3.05) is 32.8 Å². The monoisotopic (exact) mass is 268 g/mol. The summed E-state index contributed by atoms with van der Waals surface area (Å²) in [6.07, 6.45) is 0. The smallest absolute Gasteiger partial charge is 0.234 e. The van der Waals surface area contributed by atoms with E-state index in [9.17, 15) is 4.79 Å². The number of carbonyl (C=O) groups is 1. The Morgan fingerprint density at radius 3 is 2.26 bits per heavy atom. The zero-order chi connectivity index (χ0) is 14.3. The third kappa shape index (κ3) is 2.79. The van der Waals surface area contributed by atoms with E-state index in [1.165, 1.54) is 0 Å². The van der Waals surface area contributed by atoms with Crippen molar-refractivity contribution < 1.29 is 9.53 Å². The molecule has 1 aliphatic heterocycles. The fraction of sp³-hybridized carbons (Fsp3) is 0.933. The highest BCUT2D eigenvalue weighted by molar-refractivity contribution is 5.78. The van der Waals surface area contributed by atoms with Crippen molar-refractivity contribution in [2.24, 2.45) is 16.7 Å². The van der Waals surface area contributed by atoms with Gasteiger partial charge in [-0.3, -0.25) is 9.69 Å². The summed E-state index contributed by atoms with van der Waals surface area (Å²) in [5.74, 6) is 0.710. The summed E-state index contributed by atoms with van der Waals surface area (Å²) < 4.78 is 5.29. The van der Waals surface area contributed by atoms with Gasteiger partial charge >= 0.3 is 0 Å². The van der Waals surface area contributed by atoms with E-state index in [2.05, 4.69) is 44.8 Å². The minimum atomic E-state index is 0.146. The van der Waals surface area contributed by atoms with Gasteiger partial charge in [0.2, 0.25) is 5.91 Å². The van der Waals surface area contributed by atoms with Crippen molar-refractivity contribution in [1.29, 1.82) is 0 Å². The average Bonchev–Trinajstić information content (AvgIpc) is 2.70. The van der Waals surface area contributed by atoms with Crippen molar-refractivity contribution in [1.82, 2.24) is 10.2 Å². The van der Waals surface area contributed by atoms with Crippen molar-refractivity contribution >= 4 is 5.91 Å². The Labute approximate surface area is 116 Å². The highest BCUT2D eigenvalue weighted by Gasteiger charge is 2.66. The molecule has 0 unspecified atom stereocenters. The lowest BCUT2D eigenvalue weighted by Crippen LogP contribution is -2.46. The molecule has 1 amide bonds. The summed E-state index contributed by atoms with van der Waals surface area (Å²) >= 11 is 0. The third-order valence-electron chi connectivity index (χ3n) is 5.49. The molecule has 19 heavy (non-hydrogen) atoms. The zero-order valence-corrected chi connectivity index (χ0v) is 13.0. The number of amides is 1. The van der Waals surface area contributed by atoms with Gasteiger partial charge in [-0.1, -0.05) is 27.7 Å². The van der Waals surface area contributed by atoms with Gasteiger partial charge in [-0.25, -0.2) is 0 Å². The first-order chi connectivity index (χ1) is 8.76. The van der Waals surface area contributed by atoms with Crippen LogP contribution in [0, 0.1) is 16.7 Å². The summed E-state index contributed by atoms with van der Waals surface area (Å²) in [4.78, 5) is 14.2. The molecule has 1 aliphatic carbocycles. The minimum absolute atomic E-state index is 0.146. The van der Waals surface area contributed by atoms with E-state index in [-0.39, 0.29) is 11.9 Å². The predicted molar refractivity (Wildman–Crippen MR) is 75.9 cm³/mol. The Morgan fingerprint density at radius 2 is 1.79 bits per heavy atom. The largest absolute Gasteiger partial charge is 0.379 e. The van der Waals surface area contributed by atoms with Gasteiger partial charge in [0.25, 0.3) is 0 Å². The second-order valence-electron chi connectivity index (χ2n) is 7.17. The molecule has 4 heteroatoms. The van der Waals surface area contributed by atoms with E-state index in [1.807, 2.05) is 0 Å². The summed E-state index contributed by atoms with van der Waals surface area (Å²) in [6, 6.07) is 0.249. The number of nitrogens with one attached hydrogen (secondary N) is 1. The maximum Gasteiger partial charge on any atom is 0.234 e. The van der Waals surface area contributed by atoms with Crippen LogP contribution >= 0.6 is 0 Å². The summed E-state index contributed by atoms with van der Waals surface area (Å²) in [5.41, 5.74) is 0.636. The van der Waals surface area contributed by atoms with Crippen LogP contribution in [-0.4, -0.2) is 49.7 Å². The third-order valence-corrected chi connectivity index (χ3v) is 5.49. The molecule has 1 saturated heterocycles. The van der Waals surface area contributed by atoms with Crippen LogP contribution in [-0.2, 0) is 9.53 Å². The fourth-order valence-electron chi connectivity index (χ4n) is 3.84. The van der Waals surface area contributed by atoms with Gasteiger partial charge in [-0.2, -0.15) is 0 Å². The lowest BCUT2D eigenvalue weighted by atomic mass is 10.0. The highest BCUT2D eigenvalue weighted by atomic mass is 16.5. The van der Waals surface area contributed by atoms with Crippen molar-refractivity contribution in [3.8, 4) is 0 Å². The van der Waals surface area contributed by atoms with Crippen LogP contribution in [0.1, 0.15) is 34.6 Å². The predicted octanol–water partition coefficient (Wildman–Crippen LogP) is 1.51. The number of morpholine rings is 1. The molecule has 0 bridgehead atoms. The van der Waals surface area contributed by atoms with Crippen molar-refractivity contribution in [2.45, 2.75) is 40.7 Å². The van der Waals surface area contributed by atoms with E-state index in [0.29, 0.717) is 23.3 Å². The summed E-state index contributed by atoms with van der Waals surface area (Å²) in [7, 11) is 0. The Hall–Kier alpha value is -0.610. The Balaban J connectivity index is 1.79. The lowest BCUT2D eigenvalue weighted by Gasteiger charge is -2.26. The minimum Gasteiger partial charge on any atom is -0.379 e. The van der Waals surface area contributed by atoms with Crippen LogP contribution in [0.25, 0.3) is 0 Å². The zero-order valence-electron chi connectivity index (χ0n) is 13.0. The molecule has 1 atom stereocenters. The van der Waals surface area contributed by atoms with E-state index >= 15 is 0 Å². The van der Waals surface area contributed by atoms with Gasteiger partial charge in [0.15, 0.2) is 0 Å². The molecule has 2 rings (SSSR count). The molecule has 0 aromatic carbocycles. The van der Waals surface area contributed by atoms with Crippen LogP contribution in [0.4, 0.5) is 0 Å². The van der Waals surface area contributed by atoms with E-state index in [4.69, 9.17) is 4.74 Å². The Bertz CT molecular complexity index is 332. The van der Waals surface area contributed by atoms with E-state index in [0.717, 1.165) is 26.3 Å². The highest BCUT2D eigenvalue weighted by Crippen LogP contribution is 2.69. The van der Waals surface area contributed by atoms with E-state index < -0.39 is 0 Å². The average molecular weight is 268 g/mol. The fourth-order valence-corrected chi connectivity index (χ4v) is 3.84. The molecule has 4 nitrogen and oxygen atoms in total. The van der Waals surface area contributed by atoms with Gasteiger partial charge in [-0.05, 0) is 23.7 Å². The van der Waals surface area contributed by atoms with Crippen LogP contribution in [0.2, 0.25) is 0 Å². The second kappa shape index (κ2) is 5.06. The van der Waals surface area contributed by atoms with Gasteiger partial charge < -0.3 is 10.1 Å². The molecular weight excluding hydrogens is 240 g/mol. The van der Waals surface area contributed by atoms with Gasteiger partial charge in [-0.15, -0.1) is 0 Å². The number of rotatable bonds is 4. The van der Waals surface area contributed by atoms with Gasteiger partial charge in [0, 0.05) is 19.1 Å². The van der Waals surface area contributed by atoms with Crippen molar-refractivity contribution in [3.05, 3.63) is 0 Å². The normalized spacial score (nSPS) is 27.8. The summed E-state index contributed by atoms with van der Waals surface area (Å²) in [6.45, 7) is 15.0. The van der Waals surface area contributed by atoms with Gasteiger partial charge in [0.05, 0.1) is 19.8 Å². The molecule has 110 valence electrons. The standard InChI is InChI=1S/C15H28N2O2/c1-11(13-14(2,3)15(13,4)5)16-12(18)10-17-6-8-19-9-7-17/h11,13H,6-10H2,1-5H3,(H,16,18)/t11-/m1/s1. The van der Waals surface area contributed by atoms with E-state index in [1.54, 1.807) is 0 Å². The molecule has 2 fully saturated rings. The number of ether oxygens (including phenoxy) is 1. The maximum atomic E-state index is 12.1. The molecule has 1 N–H and O–H groups in total. The number of hydrogen-bond donors (Lipinski definition) is 1. The topological polar surface area (TPSA) is 41.6 Å². The van der Waals surface area contributed by atoms with Crippen LogP contribution in [0.5, 0.6) is 0 Å². The Kier molecular flexibility index (Phi) is 3.94. The second-order valence-corrected chi connectivity index (χ2v) is 7.17. The lowest BCUT2D eigenvalue weighted by molar-refractivity contribution is -0.124. The number of nitrogens with zero attached hydrogens (tertiary/aromatic N) is 1.